The Balaban J connectivity index is 1.59. The molecule has 0 aliphatic heterocycles. The van der Waals surface area contributed by atoms with Gasteiger partial charge in [-0.25, -0.2) is 4.98 Å². The molecule has 2 aromatic carbocycles. The van der Waals surface area contributed by atoms with Gasteiger partial charge in [-0.15, -0.1) is 5.10 Å². The Hall–Kier alpha value is -3.39. The first kappa shape index (κ1) is 26.7. The molecule has 1 N–H and O–H groups in total. The van der Waals surface area contributed by atoms with Crippen LogP contribution in [0.3, 0.4) is 0 Å². The zero-order valence-corrected chi connectivity index (χ0v) is 22.3. The molecule has 9 nitrogen and oxygen atoms in total. The second-order valence-corrected chi connectivity index (χ2v) is 10.6. The van der Waals surface area contributed by atoms with E-state index < -0.39 is 7.60 Å². The minimum Gasteiger partial charge on any atom is -0.309 e. The van der Waals surface area contributed by atoms with Gasteiger partial charge in [0.2, 0.25) is 0 Å². The molecule has 2 heterocycles. The maximum absolute atomic E-state index is 13.2. The van der Waals surface area contributed by atoms with Crippen LogP contribution in [-0.4, -0.2) is 38.7 Å². The molecule has 0 unspecified atom stereocenters. The summed E-state index contributed by atoms with van der Waals surface area (Å²) in [5.41, 5.74) is 2.93. The number of benzene rings is 2. The van der Waals surface area contributed by atoms with E-state index >= 15 is 0 Å². The van der Waals surface area contributed by atoms with Crippen LogP contribution in [0, 0.1) is 0 Å². The lowest BCUT2D eigenvalue weighted by molar-refractivity contribution is 0.102. The van der Waals surface area contributed by atoms with Crippen molar-refractivity contribution in [2.45, 2.75) is 46.2 Å². The summed E-state index contributed by atoms with van der Waals surface area (Å²) in [5.74, 6) is 1.17. The molecule has 0 fully saturated rings. The predicted octanol–water partition coefficient (Wildman–Crippen LogP) is 6.15. The molecule has 0 bridgehead atoms. The van der Waals surface area contributed by atoms with E-state index in [0.717, 1.165) is 36.1 Å². The Morgan fingerprint density at radius 3 is 2.32 bits per heavy atom. The van der Waals surface area contributed by atoms with E-state index in [4.69, 9.17) is 9.05 Å². The number of fused-ring (bicyclic) bond motifs is 1. The van der Waals surface area contributed by atoms with Gasteiger partial charge in [0.1, 0.15) is 5.82 Å². The molecule has 0 saturated heterocycles. The number of hydrogen-bond donors (Lipinski definition) is 1. The van der Waals surface area contributed by atoms with Crippen molar-refractivity contribution in [2.24, 2.45) is 0 Å². The molecule has 0 saturated carbocycles. The molecule has 0 radical (unpaired) electrons. The lowest BCUT2D eigenvalue weighted by Crippen LogP contribution is -2.16. The summed E-state index contributed by atoms with van der Waals surface area (Å²) in [7, 11) is -3.23. The first-order valence-electron chi connectivity index (χ1n) is 12.5. The van der Waals surface area contributed by atoms with Gasteiger partial charge in [0.05, 0.1) is 19.4 Å². The normalized spacial score (nSPS) is 11.6. The van der Waals surface area contributed by atoms with Crippen molar-refractivity contribution in [2.75, 3.05) is 18.5 Å². The highest BCUT2D eigenvalue weighted by Gasteiger charge is 2.24. The molecule has 37 heavy (non-hydrogen) atoms. The number of aryl methyl sites for hydroxylation is 1. The Morgan fingerprint density at radius 1 is 0.973 bits per heavy atom. The summed E-state index contributed by atoms with van der Waals surface area (Å²) in [6, 6.07) is 18.4. The Morgan fingerprint density at radius 2 is 1.68 bits per heavy atom. The van der Waals surface area contributed by atoms with E-state index in [-0.39, 0.29) is 12.1 Å². The molecule has 0 spiro atoms. The summed E-state index contributed by atoms with van der Waals surface area (Å²) in [6.45, 7) is 6.28. The first-order valence-corrected chi connectivity index (χ1v) is 14.3. The quantitative estimate of drug-likeness (QED) is 0.223. The van der Waals surface area contributed by atoms with Crippen LogP contribution in [0.4, 0.5) is 5.82 Å². The third-order valence-electron chi connectivity index (χ3n) is 5.67. The standard InChI is InChI=1S/C27H32N5O4P/c1-4-7-13-23-18-24(32-27(28-23)30-25(31-32)21-11-9-8-10-12-21)29-26(33)22-16-14-20(15-17-22)19-37(34,35-5-2)36-6-3/h8-12,14-18H,4-7,13,19H2,1-3H3,(H,29,33). The van der Waals surface area contributed by atoms with E-state index in [1.165, 1.54) is 0 Å². The monoisotopic (exact) mass is 521 g/mol. The number of nitrogens with one attached hydrogen (secondary N) is 1. The van der Waals surface area contributed by atoms with Gasteiger partial charge in [-0.1, -0.05) is 55.8 Å². The topological polar surface area (TPSA) is 108 Å². The Bertz CT molecular complexity index is 1380. The fraction of sp³-hybridized carbons (Fsp3) is 0.333. The second kappa shape index (κ2) is 12.2. The molecule has 0 atom stereocenters. The summed E-state index contributed by atoms with van der Waals surface area (Å²) < 4.78 is 25.1. The van der Waals surface area contributed by atoms with Crippen LogP contribution in [0.2, 0.25) is 0 Å². The summed E-state index contributed by atoms with van der Waals surface area (Å²) in [5, 5.41) is 7.58. The number of carbonyl (C=O) groups excluding carboxylic acids is 1. The van der Waals surface area contributed by atoms with Gasteiger partial charge in [0.15, 0.2) is 5.82 Å². The summed E-state index contributed by atoms with van der Waals surface area (Å²) >= 11 is 0. The van der Waals surface area contributed by atoms with Crippen molar-refractivity contribution in [3.05, 3.63) is 77.5 Å². The summed E-state index contributed by atoms with van der Waals surface area (Å²) in [4.78, 5) is 22.4. The lowest BCUT2D eigenvalue weighted by Gasteiger charge is -2.17. The van der Waals surface area contributed by atoms with Gasteiger partial charge >= 0.3 is 7.60 Å². The number of rotatable bonds is 12. The zero-order valence-electron chi connectivity index (χ0n) is 21.4. The first-order chi connectivity index (χ1) is 17.9. The lowest BCUT2D eigenvalue weighted by atomic mass is 10.1. The largest absolute Gasteiger partial charge is 0.335 e. The highest BCUT2D eigenvalue weighted by atomic mass is 31.2. The Labute approximate surface area is 216 Å². The molecule has 1 amide bonds. The molecule has 0 aliphatic carbocycles. The predicted molar refractivity (Wildman–Crippen MR) is 144 cm³/mol. The van der Waals surface area contributed by atoms with Crippen LogP contribution >= 0.6 is 7.60 Å². The summed E-state index contributed by atoms with van der Waals surface area (Å²) in [6.07, 6.45) is 2.93. The van der Waals surface area contributed by atoms with Crippen LogP contribution < -0.4 is 5.32 Å². The molecule has 4 rings (SSSR count). The molecule has 2 aromatic heterocycles. The third kappa shape index (κ3) is 6.68. The molecule has 194 valence electrons. The average Bonchev–Trinajstić information content (AvgIpc) is 3.33. The van der Waals surface area contributed by atoms with E-state index in [1.807, 2.05) is 36.4 Å². The van der Waals surface area contributed by atoms with Gasteiger partial charge < -0.3 is 14.4 Å². The number of aromatic nitrogens is 4. The second-order valence-electron chi connectivity index (χ2n) is 8.51. The maximum Gasteiger partial charge on any atom is 0.335 e. The number of hydrogen-bond acceptors (Lipinski definition) is 7. The third-order valence-corrected chi connectivity index (χ3v) is 7.72. The van der Waals surface area contributed by atoms with E-state index in [9.17, 15) is 9.36 Å². The van der Waals surface area contributed by atoms with Gasteiger partial charge in [-0.2, -0.15) is 9.50 Å². The van der Waals surface area contributed by atoms with Crippen LogP contribution in [-0.2, 0) is 26.2 Å². The van der Waals surface area contributed by atoms with Crippen molar-refractivity contribution >= 4 is 25.1 Å². The molecule has 10 heteroatoms. The van der Waals surface area contributed by atoms with E-state index in [2.05, 4.69) is 27.3 Å². The minimum absolute atomic E-state index is 0.142. The number of carbonyl (C=O) groups is 1. The fourth-order valence-corrected chi connectivity index (χ4v) is 5.60. The molecular weight excluding hydrogens is 489 g/mol. The van der Waals surface area contributed by atoms with Gasteiger partial charge in [-0.3, -0.25) is 9.36 Å². The molecular formula is C27H32N5O4P. The van der Waals surface area contributed by atoms with E-state index in [0.29, 0.717) is 36.2 Å². The zero-order chi connectivity index (χ0) is 26.3. The molecule has 4 aromatic rings. The van der Waals surface area contributed by atoms with Crippen molar-refractivity contribution in [3.8, 4) is 11.4 Å². The Kier molecular flexibility index (Phi) is 8.82. The number of unbranched alkanes of at least 4 members (excludes halogenated alkanes) is 1. The van der Waals surface area contributed by atoms with Gasteiger partial charge in [0.25, 0.3) is 11.7 Å². The number of amides is 1. The number of anilines is 1. The van der Waals surface area contributed by atoms with Crippen molar-refractivity contribution in [3.63, 3.8) is 0 Å². The van der Waals surface area contributed by atoms with Crippen molar-refractivity contribution < 1.29 is 18.4 Å². The number of nitrogens with zero attached hydrogens (tertiary/aromatic N) is 4. The SMILES string of the molecule is CCCCc1cc(NC(=O)c2ccc(CP(=O)(OCC)OCC)cc2)n2nc(-c3ccccc3)nc2n1. The highest BCUT2D eigenvalue weighted by Crippen LogP contribution is 2.51. The average molecular weight is 522 g/mol. The molecule has 0 aliphatic rings. The minimum atomic E-state index is -3.23. The van der Waals surface area contributed by atoms with E-state index in [1.54, 1.807) is 42.6 Å². The van der Waals surface area contributed by atoms with Gasteiger partial charge in [-0.05, 0) is 44.4 Å². The smallest absolute Gasteiger partial charge is 0.309 e. The van der Waals surface area contributed by atoms with Crippen molar-refractivity contribution in [1.29, 1.82) is 0 Å². The van der Waals surface area contributed by atoms with Crippen LogP contribution in [0.1, 0.15) is 55.2 Å². The van der Waals surface area contributed by atoms with Crippen LogP contribution in [0.15, 0.2) is 60.7 Å². The van der Waals surface area contributed by atoms with Crippen LogP contribution in [0.25, 0.3) is 17.2 Å². The maximum atomic E-state index is 13.2. The van der Waals surface area contributed by atoms with Crippen molar-refractivity contribution in [1.82, 2.24) is 19.6 Å². The van der Waals surface area contributed by atoms with Crippen LogP contribution in [0.5, 0.6) is 0 Å². The van der Waals surface area contributed by atoms with Gasteiger partial charge in [0, 0.05) is 22.9 Å². The highest BCUT2D eigenvalue weighted by molar-refractivity contribution is 7.53. The fourth-order valence-electron chi connectivity index (χ4n) is 3.90.